The molecule has 0 bridgehead atoms. The van der Waals surface area contributed by atoms with Crippen LogP contribution < -0.4 is 10.2 Å². The van der Waals surface area contributed by atoms with Crippen molar-refractivity contribution < 1.29 is 4.79 Å². The molecular formula is C18H25N5O. The molecule has 128 valence electrons. The summed E-state index contributed by atoms with van der Waals surface area (Å²) in [5.74, 6) is 1.46. The largest absolute Gasteiger partial charge is 0.354 e. The van der Waals surface area contributed by atoms with Crippen molar-refractivity contribution in [2.24, 2.45) is 0 Å². The third-order valence-corrected chi connectivity index (χ3v) is 4.51. The molecule has 0 unspecified atom stereocenters. The maximum absolute atomic E-state index is 12.6. The lowest BCUT2D eigenvalue weighted by atomic mass is 10.0. The Hall–Kier alpha value is -2.37. The first-order valence-electron chi connectivity index (χ1n) is 8.64. The molecule has 3 heterocycles. The number of piperidine rings is 1. The molecule has 0 aromatic carbocycles. The average Bonchev–Trinajstić information content (AvgIpc) is 3.04. The van der Waals surface area contributed by atoms with E-state index in [0.717, 1.165) is 12.4 Å². The number of aromatic nitrogens is 3. The van der Waals surface area contributed by atoms with Gasteiger partial charge in [0.05, 0.1) is 6.20 Å². The van der Waals surface area contributed by atoms with E-state index in [0.29, 0.717) is 17.4 Å². The molecule has 1 saturated heterocycles. The van der Waals surface area contributed by atoms with Crippen LogP contribution in [0.5, 0.6) is 0 Å². The van der Waals surface area contributed by atoms with Crippen LogP contribution in [-0.2, 0) is 0 Å². The Morgan fingerprint density at radius 1 is 1.29 bits per heavy atom. The summed E-state index contributed by atoms with van der Waals surface area (Å²) >= 11 is 0. The smallest absolute Gasteiger partial charge is 0.256 e. The summed E-state index contributed by atoms with van der Waals surface area (Å²) in [6.45, 7) is 7.28. The Morgan fingerprint density at radius 2 is 2.12 bits per heavy atom. The van der Waals surface area contributed by atoms with Crippen molar-refractivity contribution in [2.75, 3.05) is 16.8 Å². The topological polar surface area (TPSA) is 63.1 Å². The fraction of sp³-hybridized carbons (Fsp3) is 0.500. The lowest BCUT2D eigenvalue weighted by Gasteiger charge is -2.34. The number of hydrogen-bond acceptors (Lipinski definition) is 4. The minimum atomic E-state index is -0.134. The number of rotatable bonds is 4. The molecule has 24 heavy (non-hydrogen) atoms. The van der Waals surface area contributed by atoms with Gasteiger partial charge < -0.3 is 10.2 Å². The lowest BCUT2D eigenvalue weighted by Crippen LogP contribution is -2.38. The van der Waals surface area contributed by atoms with Gasteiger partial charge in [-0.2, -0.15) is 5.10 Å². The Balaban J connectivity index is 1.78. The quantitative estimate of drug-likeness (QED) is 0.933. The van der Waals surface area contributed by atoms with Crippen LogP contribution in [0.2, 0.25) is 0 Å². The van der Waals surface area contributed by atoms with Gasteiger partial charge in [-0.3, -0.25) is 4.79 Å². The summed E-state index contributed by atoms with van der Waals surface area (Å²) in [6.07, 6.45) is 7.02. The second-order valence-corrected chi connectivity index (χ2v) is 6.65. The number of carbonyl (C=O) groups is 1. The highest BCUT2D eigenvalue weighted by molar-refractivity contribution is 6.04. The predicted molar refractivity (Wildman–Crippen MR) is 95.5 cm³/mol. The number of pyridine rings is 1. The second-order valence-electron chi connectivity index (χ2n) is 6.65. The zero-order valence-electron chi connectivity index (χ0n) is 14.6. The van der Waals surface area contributed by atoms with E-state index in [-0.39, 0.29) is 11.9 Å². The normalized spacial score (nSPS) is 18.0. The van der Waals surface area contributed by atoms with Gasteiger partial charge in [0, 0.05) is 36.5 Å². The van der Waals surface area contributed by atoms with Gasteiger partial charge in [-0.25, -0.2) is 9.67 Å². The Bertz CT molecular complexity index is 709. The van der Waals surface area contributed by atoms with Crippen LogP contribution in [0.25, 0.3) is 0 Å². The number of amides is 1. The number of nitrogens with one attached hydrogen (secondary N) is 1. The van der Waals surface area contributed by atoms with E-state index in [9.17, 15) is 4.79 Å². The lowest BCUT2D eigenvalue weighted by molar-refractivity contribution is 0.102. The molecule has 3 rings (SSSR count). The molecular weight excluding hydrogens is 302 g/mol. The zero-order chi connectivity index (χ0) is 17.1. The van der Waals surface area contributed by atoms with Crippen LogP contribution in [0.3, 0.4) is 0 Å². The van der Waals surface area contributed by atoms with E-state index in [1.165, 1.54) is 19.3 Å². The highest BCUT2D eigenvalue weighted by Crippen LogP contribution is 2.23. The Morgan fingerprint density at radius 3 is 2.88 bits per heavy atom. The number of hydrogen-bond donors (Lipinski definition) is 1. The third-order valence-electron chi connectivity index (χ3n) is 4.51. The summed E-state index contributed by atoms with van der Waals surface area (Å²) in [5.41, 5.74) is 0.620. The Kier molecular flexibility index (Phi) is 4.83. The summed E-state index contributed by atoms with van der Waals surface area (Å²) < 4.78 is 1.80. The van der Waals surface area contributed by atoms with Crippen molar-refractivity contribution in [3.05, 3.63) is 36.2 Å². The minimum absolute atomic E-state index is 0.134. The molecule has 2 aromatic rings. The van der Waals surface area contributed by atoms with Crippen LogP contribution in [0.4, 0.5) is 11.6 Å². The van der Waals surface area contributed by atoms with Crippen LogP contribution in [0.15, 0.2) is 30.6 Å². The number of nitrogens with zero attached hydrogens (tertiary/aromatic N) is 4. The fourth-order valence-electron chi connectivity index (χ4n) is 3.17. The SMILES string of the molecule is CC(C)n1nccc1NC(=O)c1ccnc(N2CCCC[C@H]2C)c1. The number of anilines is 2. The first-order valence-corrected chi connectivity index (χ1v) is 8.64. The third kappa shape index (κ3) is 3.42. The van der Waals surface area contributed by atoms with Crippen molar-refractivity contribution in [3.8, 4) is 0 Å². The van der Waals surface area contributed by atoms with Crippen LogP contribution in [0.1, 0.15) is 56.4 Å². The first kappa shape index (κ1) is 16.5. The zero-order valence-corrected chi connectivity index (χ0v) is 14.6. The standard InChI is InChI=1S/C18H25N5O/c1-13(2)23-16(8-10-20-23)21-18(24)15-7-9-19-17(12-15)22-11-5-4-6-14(22)3/h7-10,12-14H,4-6,11H2,1-3H3,(H,21,24)/t14-/m1/s1. The number of carbonyl (C=O) groups excluding carboxylic acids is 1. The highest BCUT2D eigenvalue weighted by atomic mass is 16.1. The van der Waals surface area contributed by atoms with Crippen LogP contribution >= 0.6 is 0 Å². The molecule has 1 fully saturated rings. The molecule has 1 aliphatic rings. The van der Waals surface area contributed by atoms with Crippen molar-refractivity contribution in [1.82, 2.24) is 14.8 Å². The predicted octanol–water partition coefficient (Wildman–Crippen LogP) is 3.49. The van der Waals surface area contributed by atoms with E-state index in [4.69, 9.17) is 0 Å². The summed E-state index contributed by atoms with van der Waals surface area (Å²) in [7, 11) is 0. The molecule has 2 aromatic heterocycles. The minimum Gasteiger partial charge on any atom is -0.354 e. The molecule has 6 nitrogen and oxygen atoms in total. The average molecular weight is 327 g/mol. The van der Waals surface area contributed by atoms with Crippen molar-refractivity contribution in [1.29, 1.82) is 0 Å². The molecule has 1 atom stereocenters. The molecule has 0 radical (unpaired) electrons. The monoisotopic (exact) mass is 327 g/mol. The highest BCUT2D eigenvalue weighted by Gasteiger charge is 2.20. The van der Waals surface area contributed by atoms with E-state index in [1.54, 1.807) is 23.1 Å². The maximum Gasteiger partial charge on any atom is 0.256 e. The van der Waals surface area contributed by atoms with Crippen molar-refractivity contribution in [3.63, 3.8) is 0 Å². The van der Waals surface area contributed by atoms with Crippen molar-refractivity contribution >= 4 is 17.5 Å². The molecule has 0 spiro atoms. The maximum atomic E-state index is 12.6. The van der Waals surface area contributed by atoms with Gasteiger partial charge in [0.1, 0.15) is 11.6 Å². The summed E-state index contributed by atoms with van der Waals surface area (Å²) in [6, 6.07) is 6.10. The summed E-state index contributed by atoms with van der Waals surface area (Å²) in [4.78, 5) is 19.4. The molecule has 0 aliphatic carbocycles. The fourth-order valence-corrected chi connectivity index (χ4v) is 3.17. The van der Waals surface area contributed by atoms with Crippen LogP contribution in [0, 0.1) is 0 Å². The molecule has 0 saturated carbocycles. The van der Waals surface area contributed by atoms with E-state index in [1.807, 2.05) is 26.0 Å². The van der Waals surface area contributed by atoms with Crippen molar-refractivity contribution in [2.45, 2.75) is 52.1 Å². The van der Waals surface area contributed by atoms with Gasteiger partial charge in [0.15, 0.2) is 0 Å². The Labute approximate surface area is 142 Å². The van der Waals surface area contributed by atoms with Gasteiger partial charge in [-0.1, -0.05) is 0 Å². The molecule has 1 amide bonds. The van der Waals surface area contributed by atoms with E-state index >= 15 is 0 Å². The van der Waals surface area contributed by atoms with Crippen LogP contribution in [-0.4, -0.2) is 33.3 Å². The van der Waals surface area contributed by atoms with Gasteiger partial charge in [-0.15, -0.1) is 0 Å². The second kappa shape index (κ2) is 7.03. The molecule has 1 N–H and O–H groups in total. The van der Waals surface area contributed by atoms with E-state index in [2.05, 4.69) is 27.2 Å². The van der Waals surface area contributed by atoms with Gasteiger partial charge >= 0.3 is 0 Å². The van der Waals surface area contributed by atoms with E-state index < -0.39 is 0 Å². The van der Waals surface area contributed by atoms with Gasteiger partial charge in [0.25, 0.3) is 5.91 Å². The van der Waals surface area contributed by atoms with Gasteiger partial charge in [-0.05, 0) is 52.2 Å². The summed E-state index contributed by atoms with van der Waals surface area (Å²) in [5, 5.41) is 7.19. The molecule has 6 heteroatoms. The van der Waals surface area contributed by atoms with Gasteiger partial charge in [0.2, 0.25) is 0 Å². The molecule has 1 aliphatic heterocycles. The first-order chi connectivity index (χ1) is 11.6.